The number of hydrogen-bond acceptors (Lipinski definition) is 4. The second kappa shape index (κ2) is 5.85. The van der Waals surface area contributed by atoms with E-state index < -0.39 is 17.5 Å². The minimum atomic E-state index is -0.636. The number of amides is 1. The van der Waals surface area contributed by atoms with Gasteiger partial charge >= 0.3 is 0 Å². The molecule has 6 nitrogen and oxygen atoms in total. The first-order valence-electron chi connectivity index (χ1n) is 5.23. The molecule has 18 heavy (non-hydrogen) atoms. The number of phenols is 1. The van der Waals surface area contributed by atoms with E-state index in [2.05, 4.69) is 5.16 Å². The Morgan fingerprint density at radius 2 is 2.22 bits per heavy atom. The van der Waals surface area contributed by atoms with Gasteiger partial charge in [0.15, 0.2) is 5.84 Å². The van der Waals surface area contributed by atoms with Crippen LogP contribution >= 0.6 is 0 Å². The minimum Gasteiger partial charge on any atom is -0.507 e. The molecule has 1 rings (SSSR count). The number of benzene rings is 1. The van der Waals surface area contributed by atoms with Crippen LogP contribution in [0.3, 0.4) is 0 Å². The van der Waals surface area contributed by atoms with E-state index in [1.165, 1.54) is 11.0 Å². The van der Waals surface area contributed by atoms with E-state index in [4.69, 9.17) is 10.9 Å². The highest BCUT2D eigenvalue weighted by Crippen LogP contribution is 2.19. The van der Waals surface area contributed by atoms with Crippen molar-refractivity contribution in [3.05, 3.63) is 29.6 Å². The number of carbonyl (C=O) groups is 1. The smallest absolute Gasteiger partial charge is 0.258 e. The number of aromatic hydroxyl groups is 1. The van der Waals surface area contributed by atoms with E-state index in [1.54, 1.807) is 6.92 Å². The fourth-order valence-electron chi connectivity index (χ4n) is 1.41. The van der Waals surface area contributed by atoms with Gasteiger partial charge in [-0.3, -0.25) is 4.79 Å². The quantitative estimate of drug-likeness (QED) is 0.320. The number of phenolic OH excluding ortho intramolecular Hbond substituents is 1. The molecule has 0 aliphatic carbocycles. The summed E-state index contributed by atoms with van der Waals surface area (Å²) in [6.45, 7) is 1.91. The number of amidine groups is 1. The Morgan fingerprint density at radius 3 is 2.72 bits per heavy atom. The van der Waals surface area contributed by atoms with Gasteiger partial charge in [0.05, 0.1) is 12.1 Å². The molecule has 4 N–H and O–H groups in total. The number of rotatable bonds is 4. The van der Waals surface area contributed by atoms with Gasteiger partial charge in [-0.1, -0.05) is 5.16 Å². The molecule has 0 atom stereocenters. The zero-order chi connectivity index (χ0) is 13.7. The van der Waals surface area contributed by atoms with Crippen LogP contribution in [0.15, 0.2) is 23.4 Å². The number of halogens is 1. The first-order chi connectivity index (χ1) is 8.49. The third-order valence-corrected chi connectivity index (χ3v) is 2.34. The van der Waals surface area contributed by atoms with Crippen molar-refractivity contribution in [2.75, 3.05) is 13.1 Å². The zero-order valence-electron chi connectivity index (χ0n) is 9.80. The summed E-state index contributed by atoms with van der Waals surface area (Å²) in [5.74, 6) is -1.74. The number of oxime groups is 1. The molecule has 0 fully saturated rings. The van der Waals surface area contributed by atoms with Crippen LogP contribution in [0.5, 0.6) is 5.75 Å². The Bertz CT molecular complexity index is 477. The van der Waals surface area contributed by atoms with Crippen LogP contribution in [0.25, 0.3) is 0 Å². The van der Waals surface area contributed by atoms with Gasteiger partial charge in [0.25, 0.3) is 5.91 Å². The molecule has 0 saturated carbocycles. The second-order valence-electron chi connectivity index (χ2n) is 3.57. The van der Waals surface area contributed by atoms with Gasteiger partial charge in [0, 0.05) is 12.6 Å². The summed E-state index contributed by atoms with van der Waals surface area (Å²) >= 11 is 0. The molecule has 0 aliphatic rings. The third-order valence-electron chi connectivity index (χ3n) is 2.34. The lowest BCUT2D eigenvalue weighted by Crippen LogP contribution is -2.38. The summed E-state index contributed by atoms with van der Waals surface area (Å²) in [7, 11) is 0. The number of likely N-dealkylation sites (N-methyl/N-ethyl adjacent to an activating group) is 1. The minimum absolute atomic E-state index is 0.0380. The molecule has 98 valence electrons. The Morgan fingerprint density at radius 1 is 1.56 bits per heavy atom. The van der Waals surface area contributed by atoms with Crippen molar-refractivity contribution in [3.63, 3.8) is 0 Å². The molecule has 7 heteroatoms. The summed E-state index contributed by atoms with van der Waals surface area (Å²) in [6.07, 6.45) is 0. The van der Waals surface area contributed by atoms with Gasteiger partial charge in [-0.05, 0) is 19.1 Å². The van der Waals surface area contributed by atoms with Crippen molar-refractivity contribution in [3.8, 4) is 5.75 Å². The van der Waals surface area contributed by atoms with Crippen molar-refractivity contribution < 1.29 is 19.5 Å². The standard InChI is InChI=1S/C11H14FN3O3/c1-2-15(6-10(13)14-18)11(17)8-4-3-7(12)5-9(8)16/h3-5,16,18H,2,6H2,1H3,(H2,13,14). The van der Waals surface area contributed by atoms with Crippen LogP contribution in [0.4, 0.5) is 4.39 Å². The van der Waals surface area contributed by atoms with Crippen molar-refractivity contribution in [2.24, 2.45) is 10.9 Å². The van der Waals surface area contributed by atoms with E-state index in [-0.39, 0.29) is 17.9 Å². The summed E-state index contributed by atoms with van der Waals surface area (Å²) in [5, 5.41) is 20.7. The van der Waals surface area contributed by atoms with Crippen LogP contribution < -0.4 is 5.73 Å². The average molecular weight is 255 g/mol. The average Bonchev–Trinajstić information content (AvgIpc) is 2.34. The highest BCUT2D eigenvalue weighted by atomic mass is 19.1. The Hall–Kier alpha value is -2.31. The van der Waals surface area contributed by atoms with Gasteiger partial charge in [-0.15, -0.1) is 0 Å². The van der Waals surface area contributed by atoms with E-state index in [9.17, 15) is 14.3 Å². The first kappa shape index (κ1) is 13.8. The lowest BCUT2D eigenvalue weighted by molar-refractivity contribution is 0.0783. The molecule has 0 bridgehead atoms. The second-order valence-corrected chi connectivity index (χ2v) is 3.57. The number of carbonyl (C=O) groups excluding carboxylic acids is 1. The van der Waals surface area contributed by atoms with Crippen molar-refractivity contribution in [1.29, 1.82) is 0 Å². The number of nitrogens with two attached hydrogens (primary N) is 1. The first-order valence-corrected chi connectivity index (χ1v) is 5.23. The maximum atomic E-state index is 12.8. The van der Waals surface area contributed by atoms with E-state index in [1.807, 2.05) is 0 Å². The third kappa shape index (κ3) is 3.09. The van der Waals surface area contributed by atoms with Crippen LogP contribution in [-0.4, -0.2) is 40.0 Å². The summed E-state index contributed by atoms with van der Waals surface area (Å²) < 4.78 is 12.8. The van der Waals surface area contributed by atoms with Gasteiger partial charge in [0.1, 0.15) is 11.6 Å². The van der Waals surface area contributed by atoms with Crippen LogP contribution in [0.1, 0.15) is 17.3 Å². The fourth-order valence-corrected chi connectivity index (χ4v) is 1.41. The van der Waals surface area contributed by atoms with Gasteiger partial charge in [-0.2, -0.15) is 0 Å². The SMILES string of the molecule is CCN(C/C(N)=N/O)C(=O)c1ccc(F)cc1O. The van der Waals surface area contributed by atoms with E-state index >= 15 is 0 Å². The van der Waals surface area contributed by atoms with E-state index in [0.29, 0.717) is 6.54 Å². The highest BCUT2D eigenvalue weighted by Gasteiger charge is 2.19. The molecule has 1 aromatic rings. The van der Waals surface area contributed by atoms with Crippen LogP contribution in [-0.2, 0) is 0 Å². The summed E-state index contributed by atoms with van der Waals surface area (Å²) in [4.78, 5) is 13.3. The maximum absolute atomic E-state index is 12.8. The molecule has 0 radical (unpaired) electrons. The summed E-state index contributed by atoms with van der Waals surface area (Å²) in [5.41, 5.74) is 5.27. The molecular weight excluding hydrogens is 241 g/mol. The molecule has 1 aromatic carbocycles. The van der Waals surface area contributed by atoms with Crippen molar-refractivity contribution in [2.45, 2.75) is 6.92 Å². The molecule has 0 aliphatic heterocycles. The monoisotopic (exact) mass is 255 g/mol. The van der Waals surface area contributed by atoms with E-state index in [0.717, 1.165) is 12.1 Å². The molecule has 0 spiro atoms. The Balaban J connectivity index is 2.96. The maximum Gasteiger partial charge on any atom is 0.258 e. The largest absolute Gasteiger partial charge is 0.507 e. The Kier molecular flexibility index (Phi) is 4.47. The van der Waals surface area contributed by atoms with Crippen molar-refractivity contribution >= 4 is 11.7 Å². The topological polar surface area (TPSA) is 99.1 Å². The summed E-state index contributed by atoms with van der Waals surface area (Å²) in [6, 6.07) is 3.11. The normalized spacial score (nSPS) is 11.3. The molecule has 0 aromatic heterocycles. The molecule has 0 heterocycles. The molecular formula is C11H14FN3O3. The predicted molar refractivity (Wildman–Crippen MR) is 63.1 cm³/mol. The van der Waals surface area contributed by atoms with Gasteiger partial charge < -0.3 is 20.9 Å². The van der Waals surface area contributed by atoms with Crippen LogP contribution in [0, 0.1) is 5.82 Å². The number of nitrogens with zero attached hydrogens (tertiary/aromatic N) is 2. The molecule has 1 amide bonds. The lowest BCUT2D eigenvalue weighted by Gasteiger charge is -2.20. The lowest BCUT2D eigenvalue weighted by atomic mass is 10.1. The number of hydrogen-bond donors (Lipinski definition) is 3. The fraction of sp³-hybridized carbons (Fsp3) is 0.273. The molecule has 0 saturated heterocycles. The van der Waals surface area contributed by atoms with Gasteiger partial charge in [-0.25, -0.2) is 4.39 Å². The van der Waals surface area contributed by atoms with Gasteiger partial charge in [0.2, 0.25) is 0 Å². The highest BCUT2D eigenvalue weighted by molar-refractivity contribution is 5.99. The Labute approximate surface area is 103 Å². The van der Waals surface area contributed by atoms with Crippen molar-refractivity contribution in [1.82, 2.24) is 4.90 Å². The molecule has 0 unspecified atom stereocenters. The zero-order valence-corrected chi connectivity index (χ0v) is 9.80. The van der Waals surface area contributed by atoms with Crippen LogP contribution in [0.2, 0.25) is 0 Å². The predicted octanol–water partition coefficient (Wildman–Crippen LogP) is 0.740.